The molecule has 2 aromatic carbocycles. The summed E-state index contributed by atoms with van der Waals surface area (Å²) in [6.07, 6.45) is 2.98. The average molecular weight is 381 g/mol. The number of benzene rings is 2. The Morgan fingerprint density at radius 1 is 1.00 bits per heavy atom. The van der Waals surface area contributed by atoms with Gasteiger partial charge in [-0.2, -0.15) is 0 Å². The zero-order valence-electron chi connectivity index (χ0n) is 14.1. The lowest BCUT2D eigenvalue weighted by Gasteiger charge is -2.11. The Labute approximate surface area is 156 Å². The van der Waals surface area contributed by atoms with Crippen molar-refractivity contribution >= 4 is 27.0 Å². The van der Waals surface area contributed by atoms with Crippen LogP contribution in [0.3, 0.4) is 0 Å². The first-order chi connectivity index (χ1) is 12.9. The first kappa shape index (κ1) is 18.3. The summed E-state index contributed by atoms with van der Waals surface area (Å²) >= 11 is 0. The number of nitrogens with one attached hydrogen (secondary N) is 1. The molecule has 1 N–H and O–H groups in total. The Balaban J connectivity index is 1.88. The van der Waals surface area contributed by atoms with Crippen molar-refractivity contribution in [3.05, 3.63) is 101 Å². The molecule has 7 nitrogen and oxygen atoms in total. The fourth-order valence-corrected chi connectivity index (χ4v) is 3.54. The quantitative estimate of drug-likeness (QED) is 0.516. The molecule has 0 radical (unpaired) electrons. The van der Waals surface area contributed by atoms with Crippen molar-refractivity contribution in [1.82, 2.24) is 4.98 Å². The van der Waals surface area contributed by atoms with Crippen LogP contribution in [0.4, 0.5) is 11.4 Å². The van der Waals surface area contributed by atoms with E-state index in [9.17, 15) is 18.5 Å². The van der Waals surface area contributed by atoms with E-state index in [0.29, 0.717) is 22.4 Å². The molecule has 0 bridgehead atoms. The van der Waals surface area contributed by atoms with Gasteiger partial charge >= 0.3 is 0 Å². The van der Waals surface area contributed by atoms with E-state index in [-0.39, 0.29) is 10.6 Å². The van der Waals surface area contributed by atoms with Gasteiger partial charge in [0.05, 0.1) is 15.5 Å². The van der Waals surface area contributed by atoms with Gasteiger partial charge in [-0.05, 0) is 53.1 Å². The van der Waals surface area contributed by atoms with Crippen LogP contribution in [0.1, 0.15) is 11.1 Å². The summed E-state index contributed by atoms with van der Waals surface area (Å²) in [7, 11) is -3.78. The van der Waals surface area contributed by atoms with Crippen LogP contribution in [0.5, 0.6) is 0 Å². The first-order valence-electron chi connectivity index (χ1n) is 7.84. The predicted molar refractivity (Wildman–Crippen MR) is 103 cm³/mol. The van der Waals surface area contributed by atoms with Crippen molar-refractivity contribution < 1.29 is 13.3 Å². The third-order valence-corrected chi connectivity index (χ3v) is 5.23. The summed E-state index contributed by atoms with van der Waals surface area (Å²) in [6.45, 7) is 3.98. The monoisotopic (exact) mass is 381 g/mol. The predicted octanol–water partition coefficient (Wildman–Crippen LogP) is 3.85. The van der Waals surface area contributed by atoms with Crippen LogP contribution < -0.4 is 4.72 Å². The van der Waals surface area contributed by atoms with E-state index in [0.717, 1.165) is 0 Å². The minimum absolute atomic E-state index is 0.0237. The molecule has 27 heavy (non-hydrogen) atoms. The molecule has 0 aliphatic rings. The van der Waals surface area contributed by atoms with Gasteiger partial charge in [-0.25, -0.2) is 8.42 Å². The number of rotatable bonds is 6. The van der Waals surface area contributed by atoms with E-state index in [1.807, 2.05) is 0 Å². The summed E-state index contributed by atoms with van der Waals surface area (Å²) in [5, 5.41) is 10.8. The lowest BCUT2D eigenvalue weighted by Crippen LogP contribution is -2.13. The fourth-order valence-electron chi connectivity index (χ4n) is 2.44. The Morgan fingerprint density at radius 3 is 2.30 bits per heavy atom. The Hall–Kier alpha value is -3.52. The van der Waals surface area contributed by atoms with E-state index in [1.54, 1.807) is 36.4 Å². The van der Waals surface area contributed by atoms with Gasteiger partial charge in [0.1, 0.15) is 0 Å². The molecule has 3 aromatic rings. The van der Waals surface area contributed by atoms with Crippen molar-refractivity contribution in [2.24, 2.45) is 0 Å². The molecule has 3 rings (SSSR count). The van der Waals surface area contributed by atoms with Gasteiger partial charge in [0.25, 0.3) is 15.7 Å². The van der Waals surface area contributed by atoms with Gasteiger partial charge in [-0.15, -0.1) is 0 Å². The van der Waals surface area contributed by atoms with Crippen molar-refractivity contribution in [1.29, 1.82) is 0 Å². The number of sulfonamides is 1. The number of hydrogen-bond donors (Lipinski definition) is 1. The number of pyridine rings is 1. The maximum absolute atomic E-state index is 12.6. The van der Waals surface area contributed by atoms with Crippen LogP contribution in [0.2, 0.25) is 0 Å². The average Bonchev–Trinajstić information content (AvgIpc) is 2.68. The Kier molecular flexibility index (Phi) is 5.00. The number of aromatic nitrogens is 1. The van der Waals surface area contributed by atoms with Crippen LogP contribution in [-0.2, 0) is 10.0 Å². The second kappa shape index (κ2) is 7.38. The second-order valence-electron chi connectivity index (χ2n) is 5.65. The third-order valence-electron chi connectivity index (χ3n) is 3.85. The molecule has 0 saturated heterocycles. The maximum atomic E-state index is 12.6. The maximum Gasteiger partial charge on any atom is 0.269 e. The Morgan fingerprint density at radius 2 is 1.67 bits per heavy atom. The molecule has 136 valence electrons. The Bertz CT molecular complexity index is 1100. The second-order valence-corrected chi connectivity index (χ2v) is 7.33. The van der Waals surface area contributed by atoms with E-state index in [2.05, 4.69) is 16.3 Å². The molecular weight excluding hydrogens is 366 g/mol. The largest absolute Gasteiger partial charge is 0.280 e. The smallest absolute Gasteiger partial charge is 0.269 e. The standard InChI is InChI=1S/C19H15N3O4S/c1-14(15-5-7-18(8-6-15)22(23)24)16-3-2-4-19(13-16)27(25,26)21-17-9-11-20-12-10-17/h2-13H,1H2,(H,20,21). The summed E-state index contributed by atoms with van der Waals surface area (Å²) in [5.41, 5.74) is 2.21. The summed E-state index contributed by atoms with van der Waals surface area (Å²) in [5.74, 6) is 0. The van der Waals surface area contributed by atoms with Crippen LogP contribution in [-0.4, -0.2) is 18.3 Å². The lowest BCUT2D eigenvalue weighted by atomic mass is 9.99. The molecule has 0 unspecified atom stereocenters. The highest BCUT2D eigenvalue weighted by atomic mass is 32.2. The molecule has 1 heterocycles. The molecule has 0 atom stereocenters. The highest BCUT2D eigenvalue weighted by Gasteiger charge is 2.16. The molecular formula is C19H15N3O4S. The first-order valence-corrected chi connectivity index (χ1v) is 9.32. The van der Waals surface area contributed by atoms with E-state index in [1.165, 1.54) is 36.7 Å². The number of nitrogens with zero attached hydrogens (tertiary/aromatic N) is 2. The fraction of sp³-hybridized carbons (Fsp3) is 0. The van der Waals surface area contributed by atoms with Gasteiger partial charge in [-0.3, -0.25) is 19.8 Å². The van der Waals surface area contributed by atoms with Crippen LogP contribution >= 0.6 is 0 Å². The topological polar surface area (TPSA) is 102 Å². The summed E-state index contributed by atoms with van der Waals surface area (Å²) in [6, 6.07) is 15.4. The molecule has 8 heteroatoms. The zero-order valence-corrected chi connectivity index (χ0v) is 14.9. The SMILES string of the molecule is C=C(c1ccc([N+](=O)[O-])cc1)c1cccc(S(=O)(=O)Nc2ccncc2)c1. The van der Waals surface area contributed by atoms with E-state index < -0.39 is 14.9 Å². The minimum atomic E-state index is -3.78. The molecule has 0 aliphatic carbocycles. The molecule has 0 saturated carbocycles. The summed E-state index contributed by atoms with van der Waals surface area (Å²) in [4.78, 5) is 14.2. The lowest BCUT2D eigenvalue weighted by molar-refractivity contribution is -0.384. The van der Waals surface area contributed by atoms with Crippen LogP contribution in [0.15, 0.2) is 84.5 Å². The zero-order chi connectivity index (χ0) is 19.4. The van der Waals surface area contributed by atoms with Gasteiger partial charge < -0.3 is 0 Å². The van der Waals surface area contributed by atoms with Gasteiger partial charge in [0, 0.05) is 24.5 Å². The van der Waals surface area contributed by atoms with Gasteiger partial charge in [0.15, 0.2) is 0 Å². The molecule has 0 amide bonds. The van der Waals surface area contributed by atoms with Crippen molar-refractivity contribution in [2.45, 2.75) is 4.90 Å². The number of nitro benzene ring substituents is 1. The van der Waals surface area contributed by atoms with Crippen LogP contribution in [0.25, 0.3) is 5.57 Å². The third kappa shape index (κ3) is 4.18. The minimum Gasteiger partial charge on any atom is -0.280 e. The highest BCUT2D eigenvalue weighted by molar-refractivity contribution is 7.92. The number of hydrogen-bond acceptors (Lipinski definition) is 5. The molecule has 0 aliphatic heterocycles. The molecule has 1 aromatic heterocycles. The number of nitro groups is 1. The number of non-ortho nitro benzene ring substituents is 1. The highest BCUT2D eigenvalue weighted by Crippen LogP contribution is 2.26. The van der Waals surface area contributed by atoms with Gasteiger partial charge in [0.2, 0.25) is 0 Å². The molecule has 0 fully saturated rings. The number of anilines is 1. The van der Waals surface area contributed by atoms with E-state index in [4.69, 9.17) is 0 Å². The van der Waals surface area contributed by atoms with Gasteiger partial charge in [-0.1, -0.05) is 18.7 Å². The summed E-state index contributed by atoms with van der Waals surface area (Å²) < 4.78 is 27.7. The van der Waals surface area contributed by atoms with Crippen molar-refractivity contribution in [3.8, 4) is 0 Å². The van der Waals surface area contributed by atoms with E-state index >= 15 is 0 Å². The molecule has 0 spiro atoms. The van der Waals surface area contributed by atoms with Crippen molar-refractivity contribution in [3.63, 3.8) is 0 Å². The van der Waals surface area contributed by atoms with Crippen molar-refractivity contribution in [2.75, 3.05) is 4.72 Å². The van der Waals surface area contributed by atoms with Crippen LogP contribution in [0, 0.1) is 10.1 Å². The normalized spacial score (nSPS) is 11.0.